The molecule has 80 valence electrons. The molecule has 3 nitrogen and oxygen atoms in total. The molecule has 0 saturated carbocycles. The van der Waals surface area contributed by atoms with Crippen LogP contribution in [0.1, 0.15) is 37.3 Å². The molecule has 0 aliphatic heterocycles. The summed E-state index contributed by atoms with van der Waals surface area (Å²) in [5, 5.41) is 3.24. The molecular formula is C11H19NO2. The summed E-state index contributed by atoms with van der Waals surface area (Å²) in [7, 11) is 3.63. The summed E-state index contributed by atoms with van der Waals surface area (Å²) in [6.07, 6.45) is 2.24. The second-order valence-electron chi connectivity index (χ2n) is 3.37. The Hall–Kier alpha value is -0.800. The van der Waals surface area contributed by atoms with E-state index in [1.807, 2.05) is 19.2 Å². The summed E-state index contributed by atoms with van der Waals surface area (Å²) in [6.45, 7) is 2.71. The first-order valence-corrected chi connectivity index (χ1v) is 5.06. The number of hydrogen-bond donors (Lipinski definition) is 1. The quantitative estimate of drug-likeness (QED) is 0.760. The van der Waals surface area contributed by atoms with E-state index in [0.29, 0.717) is 12.6 Å². The lowest BCUT2D eigenvalue weighted by Crippen LogP contribution is -2.15. The molecule has 1 aromatic rings. The topological polar surface area (TPSA) is 34.4 Å². The number of hydrogen-bond acceptors (Lipinski definition) is 3. The summed E-state index contributed by atoms with van der Waals surface area (Å²) < 4.78 is 10.6. The van der Waals surface area contributed by atoms with Crippen molar-refractivity contribution in [2.24, 2.45) is 0 Å². The Labute approximate surface area is 85.4 Å². The predicted octanol–water partition coefficient (Wildman–Crippen LogP) is 2.49. The maximum atomic E-state index is 5.64. The summed E-state index contributed by atoms with van der Waals surface area (Å²) in [5.41, 5.74) is 0. The molecule has 0 amide bonds. The fourth-order valence-electron chi connectivity index (χ4n) is 1.52. The fourth-order valence-corrected chi connectivity index (χ4v) is 1.52. The van der Waals surface area contributed by atoms with Crippen LogP contribution in [0.3, 0.4) is 0 Å². The Bertz CT molecular complexity index is 258. The highest BCUT2D eigenvalue weighted by Gasteiger charge is 2.12. The molecule has 1 aromatic heterocycles. The molecule has 1 unspecified atom stereocenters. The SMILES string of the molecule is CCCC(NC)c1ccc(COC)o1. The fraction of sp³-hybridized carbons (Fsp3) is 0.636. The zero-order chi connectivity index (χ0) is 10.4. The molecule has 14 heavy (non-hydrogen) atoms. The van der Waals surface area contributed by atoms with Gasteiger partial charge in [0.2, 0.25) is 0 Å². The first kappa shape index (κ1) is 11.3. The minimum Gasteiger partial charge on any atom is -0.462 e. The van der Waals surface area contributed by atoms with Gasteiger partial charge < -0.3 is 14.5 Å². The minimum atomic E-state index is 0.325. The summed E-state index contributed by atoms with van der Waals surface area (Å²) >= 11 is 0. The third-order valence-electron chi connectivity index (χ3n) is 2.24. The molecule has 0 aromatic carbocycles. The highest BCUT2D eigenvalue weighted by atomic mass is 16.5. The van der Waals surface area contributed by atoms with Crippen molar-refractivity contribution in [3.63, 3.8) is 0 Å². The molecule has 1 atom stereocenters. The van der Waals surface area contributed by atoms with E-state index in [1.165, 1.54) is 0 Å². The largest absolute Gasteiger partial charge is 0.462 e. The molecule has 0 radical (unpaired) electrons. The van der Waals surface area contributed by atoms with Crippen molar-refractivity contribution in [2.45, 2.75) is 32.4 Å². The second-order valence-corrected chi connectivity index (χ2v) is 3.37. The summed E-state index contributed by atoms with van der Waals surface area (Å²) in [4.78, 5) is 0. The van der Waals surface area contributed by atoms with Crippen molar-refractivity contribution in [3.05, 3.63) is 23.7 Å². The highest BCUT2D eigenvalue weighted by Crippen LogP contribution is 2.20. The smallest absolute Gasteiger partial charge is 0.129 e. The van der Waals surface area contributed by atoms with Gasteiger partial charge in [0.05, 0.1) is 6.04 Å². The standard InChI is InChI=1S/C11H19NO2/c1-4-5-10(12-2)11-7-6-9(14-11)8-13-3/h6-7,10,12H,4-5,8H2,1-3H3. The van der Waals surface area contributed by atoms with Gasteiger partial charge >= 0.3 is 0 Å². The van der Waals surface area contributed by atoms with Crippen LogP contribution < -0.4 is 5.32 Å². The Morgan fingerprint density at radius 3 is 2.86 bits per heavy atom. The van der Waals surface area contributed by atoms with Gasteiger partial charge in [-0.05, 0) is 25.6 Å². The third kappa shape index (κ3) is 2.86. The molecule has 1 rings (SSSR count). The second kappa shape index (κ2) is 5.83. The average Bonchev–Trinajstić information content (AvgIpc) is 2.63. The average molecular weight is 197 g/mol. The number of methoxy groups -OCH3 is 1. The van der Waals surface area contributed by atoms with Crippen LogP contribution in [0.25, 0.3) is 0 Å². The van der Waals surface area contributed by atoms with Crippen LogP contribution in [0.5, 0.6) is 0 Å². The minimum absolute atomic E-state index is 0.325. The molecule has 0 spiro atoms. The lowest BCUT2D eigenvalue weighted by molar-refractivity contribution is 0.161. The molecule has 0 saturated heterocycles. The van der Waals surface area contributed by atoms with Gasteiger partial charge in [-0.3, -0.25) is 0 Å². The van der Waals surface area contributed by atoms with E-state index in [0.717, 1.165) is 24.4 Å². The van der Waals surface area contributed by atoms with Gasteiger partial charge in [0, 0.05) is 7.11 Å². The van der Waals surface area contributed by atoms with Crippen LogP contribution in [0.2, 0.25) is 0 Å². The Balaban J connectivity index is 2.63. The zero-order valence-electron chi connectivity index (χ0n) is 9.17. The Kier molecular flexibility index (Phi) is 4.70. The van der Waals surface area contributed by atoms with E-state index in [9.17, 15) is 0 Å². The van der Waals surface area contributed by atoms with Crippen LogP contribution in [0.4, 0.5) is 0 Å². The van der Waals surface area contributed by atoms with Crippen LogP contribution in [-0.2, 0) is 11.3 Å². The molecule has 0 bridgehead atoms. The molecule has 0 fully saturated rings. The van der Waals surface area contributed by atoms with E-state index in [-0.39, 0.29) is 0 Å². The van der Waals surface area contributed by atoms with Gasteiger partial charge in [0.1, 0.15) is 18.1 Å². The molecule has 1 heterocycles. The maximum absolute atomic E-state index is 5.64. The third-order valence-corrected chi connectivity index (χ3v) is 2.24. The molecule has 1 N–H and O–H groups in total. The van der Waals surface area contributed by atoms with Crippen LogP contribution in [0.15, 0.2) is 16.5 Å². The summed E-state index contributed by atoms with van der Waals surface area (Å²) in [6, 6.07) is 4.31. The van der Waals surface area contributed by atoms with Crippen LogP contribution in [0, 0.1) is 0 Å². The van der Waals surface area contributed by atoms with E-state index < -0.39 is 0 Å². The van der Waals surface area contributed by atoms with Crippen molar-refractivity contribution in [1.29, 1.82) is 0 Å². The Morgan fingerprint density at radius 2 is 2.29 bits per heavy atom. The molecule has 0 aliphatic carbocycles. The first-order chi connectivity index (χ1) is 6.81. The van der Waals surface area contributed by atoms with Crippen molar-refractivity contribution >= 4 is 0 Å². The van der Waals surface area contributed by atoms with Gasteiger partial charge in [-0.1, -0.05) is 13.3 Å². The van der Waals surface area contributed by atoms with E-state index in [2.05, 4.69) is 12.2 Å². The van der Waals surface area contributed by atoms with Crippen LogP contribution in [-0.4, -0.2) is 14.2 Å². The van der Waals surface area contributed by atoms with Crippen LogP contribution >= 0.6 is 0 Å². The normalized spacial score (nSPS) is 13.1. The van der Waals surface area contributed by atoms with Crippen molar-refractivity contribution in [1.82, 2.24) is 5.32 Å². The van der Waals surface area contributed by atoms with E-state index >= 15 is 0 Å². The zero-order valence-corrected chi connectivity index (χ0v) is 9.17. The van der Waals surface area contributed by atoms with Crippen molar-refractivity contribution in [2.75, 3.05) is 14.2 Å². The van der Waals surface area contributed by atoms with E-state index in [1.54, 1.807) is 7.11 Å². The van der Waals surface area contributed by atoms with Gasteiger partial charge in [-0.15, -0.1) is 0 Å². The molecule has 0 aliphatic rings. The predicted molar refractivity (Wildman–Crippen MR) is 56.1 cm³/mol. The van der Waals surface area contributed by atoms with Gasteiger partial charge in [-0.25, -0.2) is 0 Å². The summed E-state index contributed by atoms with van der Waals surface area (Å²) in [5.74, 6) is 1.89. The van der Waals surface area contributed by atoms with Gasteiger partial charge in [0.15, 0.2) is 0 Å². The van der Waals surface area contributed by atoms with Crippen molar-refractivity contribution in [3.8, 4) is 0 Å². The lowest BCUT2D eigenvalue weighted by atomic mass is 10.1. The van der Waals surface area contributed by atoms with Gasteiger partial charge in [0.25, 0.3) is 0 Å². The number of rotatable bonds is 6. The monoisotopic (exact) mass is 197 g/mol. The first-order valence-electron chi connectivity index (χ1n) is 5.06. The Morgan fingerprint density at radius 1 is 1.50 bits per heavy atom. The maximum Gasteiger partial charge on any atom is 0.129 e. The highest BCUT2D eigenvalue weighted by molar-refractivity contribution is 5.10. The number of nitrogens with one attached hydrogen (secondary N) is 1. The lowest BCUT2D eigenvalue weighted by Gasteiger charge is -2.11. The number of furan rings is 1. The van der Waals surface area contributed by atoms with E-state index in [4.69, 9.17) is 9.15 Å². The van der Waals surface area contributed by atoms with Gasteiger partial charge in [-0.2, -0.15) is 0 Å². The van der Waals surface area contributed by atoms with Crippen molar-refractivity contribution < 1.29 is 9.15 Å². The molecular weight excluding hydrogens is 178 g/mol. The molecule has 3 heteroatoms. The number of ether oxygens (including phenoxy) is 1.